The molecule has 24 heavy (non-hydrogen) atoms. The Labute approximate surface area is 145 Å². The molecule has 0 radical (unpaired) electrons. The first-order valence-electron chi connectivity index (χ1n) is 7.68. The summed E-state index contributed by atoms with van der Waals surface area (Å²) in [6, 6.07) is 10.6. The minimum atomic E-state index is -0.259. The van der Waals surface area contributed by atoms with Gasteiger partial charge in [-0.3, -0.25) is 0 Å². The molecule has 1 atom stereocenters. The number of fused-ring (bicyclic) bond motifs is 1. The van der Waals surface area contributed by atoms with Crippen molar-refractivity contribution in [2.75, 3.05) is 19.5 Å². The van der Waals surface area contributed by atoms with Crippen LogP contribution in [0.1, 0.15) is 23.6 Å². The summed E-state index contributed by atoms with van der Waals surface area (Å²) in [5.41, 5.74) is 2.89. The summed E-state index contributed by atoms with van der Waals surface area (Å²) < 4.78 is 10.7. The topological polar surface area (TPSA) is 59.6 Å². The van der Waals surface area contributed by atoms with Crippen molar-refractivity contribution in [3.63, 3.8) is 0 Å². The summed E-state index contributed by atoms with van der Waals surface area (Å²) in [5.74, 6) is 1.38. The number of carbonyl (C=O) groups excluding carboxylic acids is 1. The number of nitrogens with one attached hydrogen (secondary N) is 2. The lowest BCUT2D eigenvalue weighted by Crippen LogP contribution is -2.31. The Balaban J connectivity index is 1.73. The van der Waals surface area contributed by atoms with Crippen LogP contribution in [0, 0.1) is 0 Å². The van der Waals surface area contributed by atoms with E-state index in [0.29, 0.717) is 22.2 Å². The zero-order valence-corrected chi connectivity index (χ0v) is 14.3. The Morgan fingerprint density at radius 3 is 2.62 bits per heavy atom. The predicted octanol–water partition coefficient (Wildman–Crippen LogP) is 4.17. The number of carbonyl (C=O) groups is 1. The van der Waals surface area contributed by atoms with Gasteiger partial charge in [0, 0.05) is 10.7 Å². The number of urea groups is 1. The van der Waals surface area contributed by atoms with Gasteiger partial charge in [0.2, 0.25) is 0 Å². The van der Waals surface area contributed by atoms with Crippen LogP contribution in [0.15, 0.2) is 36.4 Å². The Morgan fingerprint density at radius 2 is 1.92 bits per heavy atom. The maximum Gasteiger partial charge on any atom is 0.319 e. The third-order valence-corrected chi connectivity index (χ3v) is 4.35. The van der Waals surface area contributed by atoms with E-state index in [1.165, 1.54) is 5.56 Å². The molecule has 6 heteroatoms. The van der Waals surface area contributed by atoms with E-state index in [1.54, 1.807) is 38.5 Å². The summed E-state index contributed by atoms with van der Waals surface area (Å²) >= 11 is 5.93. The van der Waals surface area contributed by atoms with Gasteiger partial charge in [-0.05, 0) is 54.3 Å². The second kappa shape index (κ2) is 7.01. The van der Waals surface area contributed by atoms with E-state index in [1.807, 2.05) is 12.1 Å². The summed E-state index contributed by atoms with van der Waals surface area (Å²) in [4.78, 5) is 12.2. The smallest absolute Gasteiger partial charge is 0.319 e. The highest BCUT2D eigenvalue weighted by atomic mass is 35.5. The van der Waals surface area contributed by atoms with Gasteiger partial charge in [0.05, 0.1) is 20.3 Å². The second-order valence-electron chi connectivity index (χ2n) is 5.61. The summed E-state index contributed by atoms with van der Waals surface area (Å²) in [5, 5.41) is 6.38. The summed E-state index contributed by atoms with van der Waals surface area (Å²) in [7, 11) is 3.22. The SMILES string of the molecule is COc1cc2c(cc1OC)C(NC(=O)Nc1cccc(Cl)c1)CC2. The molecule has 1 unspecified atom stereocenters. The first-order chi connectivity index (χ1) is 11.6. The number of benzene rings is 2. The van der Waals surface area contributed by atoms with E-state index in [4.69, 9.17) is 21.1 Å². The number of ether oxygens (including phenoxy) is 2. The first-order valence-corrected chi connectivity index (χ1v) is 8.06. The maximum atomic E-state index is 12.2. The maximum absolute atomic E-state index is 12.2. The largest absolute Gasteiger partial charge is 0.493 e. The molecule has 0 saturated carbocycles. The fourth-order valence-corrected chi connectivity index (χ4v) is 3.16. The molecule has 3 rings (SSSR count). The van der Waals surface area contributed by atoms with Crippen LogP contribution >= 0.6 is 11.6 Å². The van der Waals surface area contributed by atoms with Crippen LogP contribution in [-0.2, 0) is 6.42 Å². The van der Waals surface area contributed by atoms with Crippen molar-refractivity contribution < 1.29 is 14.3 Å². The lowest BCUT2D eigenvalue weighted by atomic mass is 10.1. The molecule has 2 N–H and O–H groups in total. The molecule has 2 aromatic rings. The van der Waals surface area contributed by atoms with Gasteiger partial charge >= 0.3 is 6.03 Å². The zero-order chi connectivity index (χ0) is 17.1. The van der Waals surface area contributed by atoms with Crippen LogP contribution in [0.2, 0.25) is 5.02 Å². The van der Waals surface area contributed by atoms with E-state index < -0.39 is 0 Å². The third kappa shape index (κ3) is 3.41. The highest BCUT2D eigenvalue weighted by molar-refractivity contribution is 6.30. The molecular weight excluding hydrogens is 328 g/mol. The normalized spacial score (nSPS) is 15.5. The van der Waals surface area contributed by atoms with Crippen molar-refractivity contribution in [3.05, 3.63) is 52.5 Å². The van der Waals surface area contributed by atoms with Crippen molar-refractivity contribution in [3.8, 4) is 11.5 Å². The van der Waals surface area contributed by atoms with E-state index in [-0.39, 0.29) is 12.1 Å². The van der Waals surface area contributed by atoms with Crippen LogP contribution < -0.4 is 20.1 Å². The molecule has 1 aliphatic rings. The van der Waals surface area contributed by atoms with Gasteiger partial charge in [-0.25, -0.2) is 4.79 Å². The second-order valence-corrected chi connectivity index (χ2v) is 6.04. The molecule has 0 aliphatic heterocycles. The van der Waals surface area contributed by atoms with E-state index in [9.17, 15) is 4.79 Å². The lowest BCUT2D eigenvalue weighted by molar-refractivity contribution is 0.248. The minimum Gasteiger partial charge on any atom is -0.493 e. The lowest BCUT2D eigenvalue weighted by Gasteiger charge is -2.17. The number of hydrogen-bond donors (Lipinski definition) is 2. The van der Waals surface area contributed by atoms with Crippen molar-refractivity contribution >= 4 is 23.3 Å². The number of aryl methyl sites for hydroxylation is 1. The van der Waals surface area contributed by atoms with Crippen molar-refractivity contribution in [2.24, 2.45) is 0 Å². The molecular formula is C18H19ClN2O3. The molecule has 0 fully saturated rings. The fraction of sp³-hybridized carbons (Fsp3) is 0.278. The first kappa shape index (κ1) is 16.5. The van der Waals surface area contributed by atoms with Gasteiger partial charge < -0.3 is 20.1 Å². The zero-order valence-electron chi connectivity index (χ0n) is 13.6. The molecule has 0 spiro atoms. The average molecular weight is 347 g/mol. The highest BCUT2D eigenvalue weighted by Gasteiger charge is 2.26. The Hall–Kier alpha value is -2.40. The molecule has 0 aromatic heterocycles. The number of rotatable bonds is 4. The number of hydrogen-bond acceptors (Lipinski definition) is 3. The molecule has 2 amide bonds. The molecule has 0 saturated heterocycles. The Morgan fingerprint density at radius 1 is 1.17 bits per heavy atom. The third-order valence-electron chi connectivity index (χ3n) is 4.11. The van der Waals surface area contributed by atoms with E-state index >= 15 is 0 Å². The van der Waals surface area contributed by atoms with Crippen LogP contribution in [0.4, 0.5) is 10.5 Å². The number of anilines is 1. The van der Waals surface area contributed by atoms with Gasteiger partial charge in [0.1, 0.15) is 0 Å². The molecule has 126 valence electrons. The number of halogens is 1. The monoisotopic (exact) mass is 346 g/mol. The van der Waals surface area contributed by atoms with Crippen LogP contribution in [0.5, 0.6) is 11.5 Å². The van der Waals surface area contributed by atoms with Gasteiger partial charge in [-0.2, -0.15) is 0 Å². The fourth-order valence-electron chi connectivity index (χ4n) is 2.97. The highest BCUT2D eigenvalue weighted by Crippen LogP contribution is 2.39. The Bertz CT molecular complexity index is 764. The minimum absolute atomic E-state index is 0.0565. The summed E-state index contributed by atoms with van der Waals surface area (Å²) in [6.45, 7) is 0. The van der Waals surface area contributed by atoms with Gasteiger partial charge in [-0.15, -0.1) is 0 Å². The Kier molecular flexibility index (Phi) is 4.81. The molecule has 1 aliphatic carbocycles. The van der Waals surface area contributed by atoms with Crippen molar-refractivity contribution in [2.45, 2.75) is 18.9 Å². The van der Waals surface area contributed by atoms with Crippen molar-refractivity contribution in [1.29, 1.82) is 0 Å². The van der Waals surface area contributed by atoms with Crippen LogP contribution in [0.3, 0.4) is 0 Å². The molecule has 0 bridgehead atoms. The quantitative estimate of drug-likeness (QED) is 0.873. The molecule has 5 nitrogen and oxygen atoms in total. The number of methoxy groups -OCH3 is 2. The standard InChI is InChI=1S/C18H19ClN2O3/c1-23-16-8-11-6-7-15(14(11)10-17(16)24-2)21-18(22)20-13-5-3-4-12(19)9-13/h3-5,8-10,15H,6-7H2,1-2H3,(H2,20,21,22). The van der Waals surface area contributed by atoms with Crippen LogP contribution in [0.25, 0.3) is 0 Å². The van der Waals surface area contributed by atoms with Gasteiger partial charge in [-0.1, -0.05) is 17.7 Å². The molecule has 0 heterocycles. The van der Waals surface area contributed by atoms with Gasteiger partial charge in [0.15, 0.2) is 11.5 Å². The average Bonchev–Trinajstić information content (AvgIpc) is 2.95. The predicted molar refractivity (Wildman–Crippen MR) is 94.2 cm³/mol. The van der Waals surface area contributed by atoms with E-state index in [0.717, 1.165) is 18.4 Å². The van der Waals surface area contributed by atoms with Crippen molar-refractivity contribution in [1.82, 2.24) is 5.32 Å². The van der Waals surface area contributed by atoms with Crippen LogP contribution in [-0.4, -0.2) is 20.3 Å². The number of amides is 2. The van der Waals surface area contributed by atoms with Gasteiger partial charge in [0.25, 0.3) is 0 Å². The molecule has 2 aromatic carbocycles. The van der Waals surface area contributed by atoms with E-state index in [2.05, 4.69) is 10.6 Å². The summed E-state index contributed by atoms with van der Waals surface area (Å²) in [6.07, 6.45) is 1.73.